The normalized spacial score (nSPS) is 11.2. The molecule has 0 saturated carbocycles. The third-order valence-electron chi connectivity index (χ3n) is 5.12. The van der Waals surface area contributed by atoms with E-state index in [1.54, 1.807) is 42.5 Å². The minimum Gasteiger partial charge on any atom is -0.322 e. The quantitative estimate of drug-likeness (QED) is 0.472. The van der Waals surface area contributed by atoms with Crippen LogP contribution in [0.2, 0.25) is 0 Å². The Morgan fingerprint density at radius 3 is 2.22 bits per heavy atom. The molecule has 0 aliphatic carbocycles. The van der Waals surface area contributed by atoms with Crippen LogP contribution in [0.4, 0.5) is 15.8 Å². The fourth-order valence-corrected chi connectivity index (χ4v) is 4.18. The molecule has 7 heteroatoms. The molecule has 0 atom stereocenters. The lowest BCUT2D eigenvalue weighted by molar-refractivity contribution is 0.102. The van der Waals surface area contributed by atoms with E-state index >= 15 is 0 Å². The Hall–Kier alpha value is -3.19. The maximum atomic E-state index is 14.0. The third-order valence-corrected chi connectivity index (χ3v) is 6.26. The first-order chi connectivity index (χ1) is 15.3. The van der Waals surface area contributed by atoms with E-state index < -0.39 is 15.8 Å². The fraction of sp³-hybridized carbons (Fsp3) is 0.240. The van der Waals surface area contributed by atoms with Crippen molar-refractivity contribution in [2.24, 2.45) is 0 Å². The van der Waals surface area contributed by atoms with E-state index in [1.165, 1.54) is 11.6 Å². The van der Waals surface area contributed by atoms with Crippen molar-refractivity contribution < 1.29 is 17.6 Å². The number of carbonyl (C=O) groups excluding carboxylic acids is 1. The summed E-state index contributed by atoms with van der Waals surface area (Å²) < 4.78 is 39.8. The van der Waals surface area contributed by atoms with Gasteiger partial charge in [-0.25, -0.2) is 12.8 Å². The number of nitrogens with one attached hydrogen (secondary N) is 1. The van der Waals surface area contributed by atoms with E-state index in [9.17, 15) is 17.6 Å². The van der Waals surface area contributed by atoms with Crippen LogP contribution in [0, 0.1) is 5.82 Å². The molecule has 168 valence electrons. The lowest BCUT2D eigenvalue weighted by atomic mass is 10.1. The molecule has 3 aromatic carbocycles. The molecule has 1 N–H and O–H groups in total. The second kappa shape index (κ2) is 10.4. The average Bonchev–Trinajstić information content (AvgIpc) is 2.77. The standard InChI is InChI=1S/C25H27FN2O3S/c1-3-4-7-19-10-14-22(15-11-19)27-25(29)20-12-16-23(17-13-20)28(32(2,30)31)18-21-8-5-6-9-24(21)26/h5-6,8-17H,3-4,7,18H2,1-2H3,(H,27,29). The molecule has 0 aliphatic heterocycles. The number of benzene rings is 3. The first kappa shape index (κ1) is 23.5. The van der Waals surface area contributed by atoms with Gasteiger partial charge < -0.3 is 5.32 Å². The van der Waals surface area contributed by atoms with Gasteiger partial charge in [-0.3, -0.25) is 9.10 Å². The average molecular weight is 455 g/mol. The highest BCUT2D eigenvalue weighted by Gasteiger charge is 2.20. The van der Waals surface area contributed by atoms with Gasteiger partial charge in [0, 0.05) is 16.8 Å². The van der Waals surface area contributed by atoms with Gasteiger partial charge in [-0.1, -0.05) is 43.7 Å². The summed E-state index contributed by atoms with van der Waals surface area (Å²) in [6, 6.07) is 20.0. The molecule has 3 aromatic rings. The summed E-state index contributed by atoms with van der Waals surface area (Å²) in [6.07, 6.45) is 4.33. The minimum atomic E-state index is -3.66. The van der Waals surface area contributed by atoms with Gasteiger partial charge >= 0.3 is 0 Å². The summed E-state index contributed by atoms with van der Waals surface area (Å²) in [5.41, 5.74) is 2.93. The highest BCUT2D eigenvalue weighted by Crippen LogP contribution is 2.23. The molecule has 0 fully saturated rings. The van der Waals surface area contributed by atoms with Crippen molar-refractivity contribution in [3.05, 3.63) is 95.3 Å². The number of sulfonamides is 1. The Labute approximate surface area is 188 Å². The highest BCUT2D eigenvalue weighted by molar-refractivity contribution is 7.92. The number of anilines is 2. The molecule has 0 unspecified atom stereocenters. The predicted molar refractivity (Wildman–Crippen MR) is 127 cm³/mol. The number of nitrogens with zero attached hydrogens (tertiary/aromatic N) is 1. The topological polar surface area (TPSA) is 66.5 Å². The van der Waals surface area contributed by atoms with Crippen LogP contribution in [0.3, 0.4) is 0 Å². The van der Waals surface area contributed by atoms with Crippen LogP contribution in [-0.2, 0) is 23.0 Å². The van der Waals surface area contributed by atoms with Crippen LogP contribution in [0.5, 0.6) is 0 Å². The van der Waals surface area contributed by atoms with E-state index in [0.717, 1.165) is 29.8 Å². The van der Waals surface area contributed by atoms with E-state index in [4.69, 9.17) is 0 Å². The molecule has 0 heterocycles. The maximum absolute atomic E-state index is 14.0. The Morgan fingerprint density at radius 1 is 0.969 bits per heavy atom. The number of amides is 1. The van der Waals surface area contributed by atoms with Crippen molar-refractivity contribution in [3.63, 3.8) is 0 Å². The monoisotopic (exact) mass is 454 g/mol. The molecule has 0 radical (unpaired) electrons. The molecule has 0 aromatic heterocycles. The molecule has 0 aliphatic rings. The third kappa shape index (κ3) is 6.17. The Kier molecular flexibility index (Phi) is 7.64. The zero-order chi connectivity index (χ0) is 23.1. The summed E-state index contributed by atoms with van der Waals surface area (Å²) >= 11 is 0. The van der Waals surface area contributed by atoms with Crippen molar-refractivity contribution in [1.82, 2.24) is 0 Å². The smallest absolute Gasteiger partial charge is 0.255 e. The van der Waals surface area contributed by atoms with Crippen LogP contribution in [0.1, 0.15) is 41.3 Å². The van der Waals surface area contributed by atoms with Crippen LogP contribution < -0.4 is 9.62 Å². The van der Waals surface area contributed by atoms with Gasteiger partial charge in [-0.05, 0) is 60.9 Å². The predicted octanol–water partition coefficient (Wildman–Crippen LogP) is 5.39. The lowest BCUT2D eigenvalue weighted by Crippen LogP contribution is -2.29. The number of rotatable bonds is 9. The van der Waals surface area contributed by atoms with Gasteiger partial charge in [0.15, 0.2) is 0 Å². The first-order valence-corrected chi connectivity index (χ1v) is 12.3. The molecule has 0 saturated heterocycles. The first-order valence-electron chi connectivity index (χ1n) is 10.5. The fourth-order valence-electron chi connectivity index (χ4n) is 3.30. The molecule has 5 nitrogen and oxygen atoms in total. The van der Waals surface area contributed by atoms with E-state index in [1.807, 2.05) is 24.3 Å². The van der Waals surface area contributed by atoms with Gasteiger partial charge in [-0.15, -0.1) is 0 Å². The molecule has 3 rings (SSSR count). The van der Waals surface area contributed by atoms with Crippen LogP contribution >= 0.6 is 0 Å². The number of carbonyl (C=O) groups is 1. The Morgan fingerprint density at radius 2 is 1.62 bits per heavy atom. The van der Waals surface area contributed by atoms with Gasteiger partial charge in [0.1, 0.15) is 5.82 Å². The number of unbranched alkanes of at least 4 members (excludes halogenated alkanes) is 1. The zero-order valence-corrected chi connectivity index (χ0v) is 19.0. The maximum Gasteiger partial charge on any atom is 0.255 e. The second-order valence-electron chi connectivity index (χ2n) is 7.66. The van der Waals surface area contributed by atoms with E-state index in [0.29, 0.717) is 16.9 Å². The van der Waals surface area contributed by atoms with Crippen molar-refractivity contribution in [2.45, 2.75) is 32.7 Å². The van der Waals surface area contributed by atoms with Crippen molar-refractivity contribution >= 4 is 27.3 Å². The number of hydrogen-bond donors (Lipinski definition) is 1. The Balaban J connectivity index is 1.73. The van der Waals surface area contributed by atoms with Gasteiger partial charge in [-0.2, -0.15) is 0 Å². The molecular weight excluding hydrogens is 427 g/mol. The van der Waals surface area contributed by atoms with Crippen LogP contribution in [0.25, 0.3) is 0 Å². The lowest BCUT2D eigenvalue weighted by Gasteiger charge is -2.23. The van der Waals surface area contributed by atoms with Gasteiger partial charge in [0.05, 0.1) is 18.5 Å². The summed E-state index contributed by atoms with van der Waals surface area (Å²) in [4.78, 5) is 12.6. The van der Waals surface area contributed by atoms with Crippen LogP contribution in [-0.4, -0.2) is 20.6 Å². The Bertz CT molecular complexity index is 1160. The van der Waals surface area contributed by atoms with Crippen molar-refractivity contribution in [3.8, 4) is 0 Å². The molecular formula is C25H27FN2O3S. The molecule has 0 spiro atoms. The van der Waals surface area contributed by atoms with E-state index in [2.05, 4.69) is 12.2 Å². The summed E-state index contributed by atoms with van der Waals surface area (Å²) in [5, 5.41) is 2.85. The summed E-state index contributed by atoms with van der Waals surface area (Å²) in [6.45, 7) is 2.01. The minimum absolute atomic E-state index is 0.137. The van der Waals surface area contributed by atoms with Gasteiger partial charge in [0.25, 0.3) is 5.91 Å². The zero-order valence-electron chi connectivity index (χ0n) is 18.2. The summed E-state index contributed by atoms with van der Waals surface area (Å²) in [7, 11) is -3.66. The largest absolute Gasteiger partial charge is 0.322 e. The molecule has 32 heavy (non-hydrogen) atoms. The molecule has 0 bridgehead atoms. The number of halogens is 1. The highest BCUT2D eigenvalue weighted by atomic mass is 32.2. The van der Waals surface area contributed by atoms with E-state index in [-0.39, 0.29) is 18.0 Å². The van der Waals surface area contributed by atoms with Crippen molar-refractivity contribution in [2.75, 3.05) is 15.9 Å². The second-order valence-corrected chi connectivity index (χ2v) is 9.57. The van der Waals surface area contributed by atoms with Crippen LogP contribution in [0.15, 0.2) is 72.8 Å². The number of aryl methyl sites for hydroxylation is 1. The van der Waals surface area contributed by atoms with Gasteiger partial charge in [0.2, 0.25) is 10.0 Å². The SMILES string of the molecule is CCCCc1ccc(NC(=O)c2ccc(N(Cc3ccccc3F)S(C)(=O)=O)cc2)cc1. The number of hydrogen-bond acceptors (Lipinski definition) is 3. The molecule has 1 amide bonds. The summed E-state index contributed by atoms with van der Waals surface area (Å²) in [5.74, 6) is -0.768. The van der Waals surface area contributed by atoms with Crippen molar-refractivity contribution in [1.29, 1.82) is 0 Å².